The minimum atomic E-state index is -0.332. The van der Waals surface area contributed by atoms with Gasteiger partial charge in [-0.15, -0.1) is 0 Å². The van der Waals surface area contributed by atoms with Gasteiger partial charge in [0.05, 0.1) is 25.6 Å². The Morgan fingerprint density at radius 1 is 1.11 bits per heavy atom. The number of aryl methyl sites for hydroxylation is 1. The third kappa shape index (κ3) is 3.76. The molecule has 0 fully saturated rings. The van der Waals surface area contributed by atoms with Gasteiger partial charge < -0.3 is 14.8 Å². The number of carbonyl (C=O) groups excluding carboxylic acids is 1. The summed E-state index contributed by atoms with van der Waals surface area (Å²) in [5, 5.41) is 10.1. The number of nitrogens with one attached hydrogen (secondary N) is 2. The Morgan fingerprint density at radius 3 is 2.44 bits per heavy atom. The van der Waals surface area contributed by atoms with Gasteiger partial charge in [-0.3, -0.25) is 9.89 Å². The zero-order valence-corrected chi connectivity index (χ0v) is 15.3. The van der Waals surface area contributed by atoms with E-state index in [2.05, 4.69) is 15.5 Å². The van der Waals surface area contributed by atoms with E-state index < -0.39 is 0 Å². The van der Waals surface area contributed by atoms with E-state index in [0.717, 1.165) is 5.69 Å². The lowest BCUT2D eigenvalue weighted by molar-refractivity contribution is 0.102. The Bertz CT molecular complexity index is 952. The predicted molar refractivity (Wildman–Crippen MR) is 101 cm³/mol. The molecule has 1 heterocycles. The van der Waals surface area contributed by atoms with Crippen molar-refractivity contribution in [3.05, 3.63) is 59.5 Å². The van der Waals surface area contributed by atoms with E-state index in [0.29, 0.717) is 40.4 Å². The average molecular weight is 369 g/mol. The first-order chi connectivity index (χ1) is 13.1. The molecular weight excluding hydrogens is 349 g/mol. The third-order valence-electron chi connectivity index (χ3n) is 4.20. The highest BCUT2D eigenvalue weighted by Gasteiger charge is 2.18. The van der Waals surface area contributed by atoms with E-state index in [1.165, 1.54) is 26.4 Å². The summed E-state index contributed by atoms with van der Waals surface area (Å²) < 4.78 is 23.7. The number of benzene rings is 2. The number of amides is 1. The summed E-state index contributed by atoms with van der Waals surface area (Å²) in [5.74, 6) is 0.363. The summed E-state index contributed by atoms with van der Waals surface area (Å²) in [6, 6.07) is 10.9. The zero-order chi connectivity index (χ0) is 19.4. The lowest BCUT2D eigenvalue weighted by Crippen LogP contribution is -2.13. The first kappa shape index (κ1) is 18.4. The first-order valence-corrected chi connectivity index (χ1v) is 8.44. The number of rotatable bonds is 6. The van der Waals surface area contributed by atoms with Crippen LogP contribution in [-0.2, 0) is 6.42 Å². The van der Waals surface area contributed by atoms with E-state index >= 15 is 0 Å². The summed E-state index contributed by atoms with van der Waals surface area (Å²) >= 11 is 0. The molecule has 27 heavy (non-hydrogen) atoms. The van der Waals surface area contributed by atoms with Crippen LogP contribution in [0.15, 0.2) is 42.5 Å². The van der Waals surface area contributed by atoms with Crippen molar-refractivity contribution in [3.8, 4) is 22.8 Å². The second-order valence-corrected chi connectivity index (χ2v) is 5.81. The second-order valence-electron chi connectivity index (χ2n) is 5.81. The number of halogens is 1. The Morgan fingerprint density at radius 2 is 1.81 bits per heavy atom. The van der Waals surface area contributed by atoms with Crippen LogP contribution in [0.1, 0.15) is 23.0 Å². The van der Waals surface area contributed by atoms with Crippen molar-refractivity contribution in [1.29, 1.82) is 0 Å². The normalized spacial score (nSPS) is 10.5. The standard InChI is InChI=1S/C20H20FN3O3/c1-4-15-19(18(24-23-15)12-5-8-14(21)9-6-12)22-20(25)13-7-10-16(26-2)17(11-13)27-3/h5-11H,4H2,1-3H3,(H,22,25)(H,23,24). The van der Waals surface area contributed by atoms with Gasteiger partial charge in [-0.1, -0.05) is 6.92 Å². The molecule has 0 aliphatic carbocycles. The van der Waals surface area contributed by atoms with Gasteiger partial charge in [0, 0.05) is 11.1 Å². The number of hydrogen-bond acceptors (Lipinski definition) is 4. The molecule has 0 saturated heterocycles. The summed E-state index contributed by atoms with van der Waals surface area (Å²) in [6.45, 7) is 1.95. The molecule has 1 aromatic heterocycles. The molecule has 2 aromatic carbocycles. The number of anilines is 1. The van der Waals surface area contributed by atoms with E-state index in [1.807, 2.05) is 6.92 Å². The van der Waals surface area contributed by atoms with Crippen LogP contribution < -0.4 is 14.8 Å². The first-order valence-electron chi connectivity index (χ1n) is 8.44. The number of ether oxygens (including phenoxy) is 2. The fraction of sp³-hybridized carbons (Fsp3) is 0.200. The molecule has 0 atom stereocenters. The maximum absolute atomic E-state index is 13.2. The Kier molecular flexibility index (Phi) is 5.40. The average Bonchev–Trinajstić information content (AvgIpc) is 3.10. The third-order valence-corrected chi connectivity index (χ3v) is 4.20. The highest BCUT2D eigenvalue weighted by atomic mass is 19.1. The van der Waals surface area contributed by atoms with Gasteiger partial charge in [-0.25, -0.2) is 4.39 Å². The highest BCUT2D eigenvalue weighted by molar-refractivity contribution is 6.06. The molecule has 2 N–H and O–H groups in total. The largest absolute Gasteiger partial charge is 0.493 e. The molecule has 0 spiro atoms. The molecule has 3 aromatic rings. The molecule has 3 rings (SSSR count). The van der Waals surface area contributed by atoms with E-state index in [4.69, 9.17) is 9.47 Å². The lowest BCUT2D eigenvalue weighted by atomic mass is 10.1. The van der Waals surface area contributed by atoms with Crippen molar-refractivity contribution >= 4 is 11.6 Å². The smallest absolute Gasteiger partial charge is 0.255 e. The minimum absolute atomic E-state index is 0.310. The van der Waals surface area contributed by atoms with Gasteiger partial charge in [0.2, 0.25) is 0 Å². The summed E-state index contributed by atoms with van der Waals surface area (Å²) in [4.78, 5) is 12.8. The molecule has 0 unspecified atom stereocenters. The summed E-state index contributed by atoms with van der Waals surface area (Å²) in [7, 11) is 3.04. The van der Waals surface area contributed by atoms with Crippen molar-refractivity contribution in [2.75, 3.05) is 19.5 Å². The van der Waals surface area contributed by atoms with Crippen molar-refractivity contribution in [3.63, 3.8) is 0 Å². The van der Waals surface area contributed by atoms with Crippen molar-refractivity contribution in [2.45, 2.75) is 13.3 Å². The molecule has 0 aliphatic heterocycles. The molecule has 1 amide bonds. The van der Waals surface area contributed by atoms with Crippen LogP contribution in [0.5, 0.6) is 11.5 Å². The van der Waals surface area contributed by atoms with Gasteiger partial charge in [0.1, 0.15) is 11.5 Å². The van der Waals surface area contributed by atoms with Gasteiger partial charge in [-0.2, -0.15) is 5.10 Å². The topological polar surface area (TPSA) is 76.2 Å². The van der Waals surface area contributed by atoms with Crippen LogP contribution in [0.3, 0.4) is 0 Å². The van der Waals surface area contributed by atoms with Gasteiger partial charge in [0.25, 0.3) is 5.91 Å². The maximum atomic E-state index is 13.2. The van der Waals surface area contributed by atoms with Gasteiger partial charge >= 0.3 is 0 Å². The molecule has 0 aliphatic rings. The Labute approximate surface area is 156 Å². The molecule has 0 bridgehead atoms. The minimum Gasteiger partial charge on any atom is -0.493 e. The monoisotopic (exact) mass is 369 g/mol. The molecule has 0 radical (unpaired) electrons. The SMILES string of the molecule is CCc1[nH]nc(-c2ccc(F)cc2)c1NC(=O)c1ccc(OC)c(OC)c1. The molecular formula is C20H20FN3O3. The second kappa shape index (κ2) is 7.90. The number of carbonyl (C=O) groups is 1. The van der Waals surface area contributed by atoms with E-state index in [1.54, 1.807) is 30.3 Å². The highest BCUT2D eigenvalue weighted by Crippen LogP contribution is 2.31. The van der Waals surface area contributed by atoms with Gasteiger partial charge in [0.15, 0.2) is 11.5 Å². The number of H-pyrrole nitrogens is 1. The summed E-state index contributed by atoms with van der Waals surface area (Å²) in [6.07, 6.45) is 0.649. The van der Waals surface area contributed by atoms with Crippen LogP contribution in [0.25, 0.3) is 11.3 Å². The lowest BCUT2D eigenvalue weighted by Gasteiger charge is -2.11. The molecule has 6 nitrogen and oxygen atoms in total. The van der Waals surface area contributed by atoms with E-state index in [9.17, 15) is 9.18 Å². The van der Waals surface area contributed by atoms with Gasteiger partial charge in [-0.05, 0) is 48.9 Å². The Balaban J connectivity index is 1.94. The zero-order valence-electron chi connectivity index (χ0n) is 15.3. The number of nitrogens with zero attached hydrogens (tertiary/aromatic N) is 1. The fourth-order valence-electron chi connectivity index (χ4n) is 2.75. The van der Waals surface area contributed by atoms with Crippen molar-refractivity contribution < 1.29 is 18.7 Å². The van der Waals surface area contributed by atoms with E-state index in [-0.39, 0.29) is 11.7 Å². The van der Waals surface area contributed by atoms with Crippen LogP contribution in [0, 0.1) is 5.82 Å². The number of aromatic amines is 1. The number of hydrogen-bond donors (Lipinski definition) is 2. The van der Waals surface area contributed by atoms with Crippen LogP contribution >= 0.6 is 0 Å². The predicted octanol–water partition coefficient (Wildman–Crippen LogP) is 4.05. The number of aromatic nitrogens is 2. The molecule has 0 saturated carbocycles. The molecule has 140 valence electrons. The van der Waals surface area contributed by atoms with Crippen molar-refractivity contribution in [1.82, 2.24) is 10.2 Å². The fourth-order valence-corrected chi connectivity index (χ4v) is 2.75. The van der Waals surface area contributed by atoms with Crippen molar-refractivity contribution in [2.24, 2.45) is 0 Å². The maximum Gasteiger partial charge on any atom is 0.255 e. The van der Waals surface area contributed by atoms with Crippen LogP contribution in [0.2, 0.25) is 0 Å². The molecule has 7 heteroatoms. The quantitative estimate of drug-likeness (QED) is 0.687. The Hall–Kier alpha value is -3.35. The number of methoxy groups -OCH3 is 2. The van der Waals surface area contributed by atoms with Crippen LogP contribution in [0.4, 0.5) is 10.1 Å². The van der Waals surface area contributed by atoms with Crippen LogP contribution in [-0.4, -0.2) is 30.3 Å². The summed E-state index contributed by atoms with van der Waals surface area (Å²) in [5.41, 5.74) is 3.03.